The molecule has 0 spiro atoms. The minimum atomic E-state index is -0.285. The number of ether oxygens (including phenoxy) is 1. The molecule has 0 amide bonds. The highest BCUT2D eigenvalue weighted by Crippen LogP contribution is 2.26. The normalized spacial score (nSPS) is 11.4. The molecule has 0 saturated carbocycles. The van der Waals surface area contributed by atoms with Gasteiger partial charge in [-0.15, -0.1) is 0 Å². The Labute approximate surface area is 159 Å². The molecule has 2 aromatic carbocycles. The molecule has 0 aliphatic carbocycles. The van der Waals surface area contributed by atoms with Gasteiger partial charge >= 0.3 is 0 Å². The number of phenolic OH excluding ortho intramolecular Hbond substituents is 1. The van der Waals surface area contributed by atoms with E-state index in [9.17, 15) is 14.7 Å². The summed E-state index contributed by atoms with van der Waals surface area (Å²) in [5.74, 6) is 0.283. The maximum Gasteiger partial charge on any atom is 0.163 e. The van der Waals surface area contributed by atoms with E-state index in [2.05, 4.69) is 13.8 Å². The molecule has 0 aliphatic heterocycles. The van der Waals surface area contributed by atoms with Crippen LogP contribution in [0.5, 0.6) is 11.5 Å². The molecule has 4 nitrogen and oxygen atoms in total. The molecule has 2 aromatic rings. The van der Waals surface area contributed by atoms with E-state index in [-0.39, 0.29) is 23.7 Å². The second kappa shape index (κ2) is 9.53. The van der Waals surface area contributed by atoms with Crippen LogP contribution in [-0.2, 0) is 9.59 Å². The molecular weight excluding hydrogens is 340 g/mol. The predicted molar refractivity (Wildman–Crippen MR) is 108 cm³/mol. The maximum atomic E-state index is 12.0. The second-order valence-corrected chi connectivity index (χ2v) is 6.53. The molecule has 4 heteroatoms. The van der Waals surface area contributed by atoms with Gasteiger partial charge in [-0.1, -0.05) is 56.3 Å². The SMILES string of the molecule is COc1cc(C=CC(=O)CC(=O)C=Cc2ccc(C(C)C)cc2)ccc1O. The van der Waals surface area contributed by atoms with Crippen molar-refractivity contribution in [2.24, 2.45) is 0 Å². The smallest absolute Gasteiger partial charge is 0.163 e. The summed E-state index contributed by atoms with van der Waals surface area (Å²) < 4.78 is 5.02. The zero-order valence-corrected chi connectivity index (χ0v) is 15.8. The summed E-state index contributed by atoms with van der Waals surface area (Å²) in [6.45, 7) is 4.25. The predicted octanol–water partition coefficient (Wildman–Crippen LogP) is 4.78. The Balaban J connectivity index is 1.92. The molecular formula is C23H24O4. The van der Waals surface area contributed by atoms with Gasteiger partial charge in [0.1, 0.15) is 0 Å². The van der Waals surface area contributed by atoms with Crippen LogP contribution in [0.3, 0.4) is 0 Å². The zero-order valence-electron chi connectivity index (χ0n) is 15.8. The number of benzene rings is 2. The number of carbonyl (C=O) groups excluding carboxylic acids is 2. The number of rotatable bonds is 8. The Morgan fingerprint density at radius 3 is 2.07 bits per heavy atom. The quantitative estimate of drug-likeness (QED) is 0.541. The number of carbonyl (C=O) groups is 2. The summed E-state index contributed by atoms with van der Waals surface area (Å²) in [7, 11) is 1.45. The van der Waals surface area contributed by atoms with Gasteiger partial charge in [0, 0.05) is 0 Å². The standard InChI is InChI=1S/C23H24O4/c1-16(2)19-9-4-17(5-10-19)6-11-20(24)15-21(25)12-7-18-8-13-22(26)23(14-18)27-3/h4-14,16,26H,15H2,1-3H3. The summed E-state index contributed by atoms with van der Waals surface area (Å²) in [5, 5.41) is 9.56. The van der Waals surface area contributed by atoms with Crippen LogP contribution >= 0.6 is 0 Å². The van der Waals surface area contributed by atoms with E-state index in [1.54, 1.807) is 24.3 Å². The highest BCUT2D eigenvalue weighted by Gasteiger charge is 2.05. The minimum absolute atomic E-state index is 0.0303. The monoisotopic (exact) mass is 364 g/mol. The fraction of sp³-hybridized carbons (Fsp3) is 0.217. The van der Waals surface area contributed by atoms with Crippen LogP contribution in [0.1, 0.15) is 42.9 Å². The van der Waals surface area contributed by atoms with Gasteiger partial charge < -0.3 is 9.84 Å². The Morgan fingerprint density at radius 1 is 0.963 bits per heavy atom. The average Bonchev–Trinajstić information content (AvgIpc) is 2.66. The van der Waals surface area contributed by atoms with Crippen LogP contribution in [0.15, 0.2) is 54.6 Å². The van der Waals surface area contributed by atoms with Crippen molar-refractivity contribution in [3.63, 3.8) is 0 Å². The van der Waals surface area contributed by atoms with Crippen molar-refractivity contribution >= 4 is 23.7 Å². The fourth-order valence-electron chi connectivity index (χ4n) is 2.46. The van der Waals surface area contributed by atoms with E-state index < -0.39 is 0 Å². The first kappa shape index (κ1) is 20.2. The van der Waals surface area contributed by atoms with Crippen LogP contribution in [0.25, 0.3) is 12.2 Å². The van der Waals surface area contributed by atoms with Crippen LogP contribution in [0.2, 0.25) is 0 Å². The first-order valence-electron chi connectivity index (χ1n) is 8.78. The number of allylic oxidation sites excluding steroid dienone is 2. The van der Waals surface area contributed by atoms with E-state index in [1.807, 2.05) is 24.3 Å². The van der Waals surface area contributed by atoms with Crippen LogP contribution in [0.4, 0.5) is 0 Å². The summed E-state index contributed by atoms with van der Waals surface area (Å²) in [6, 6.07) is 12.7. The molecule has 0 aromatic heterocycles. The first-order valence-corrected chi connectivity index (χ1v) is 8.78. The van der Waals surface area contributed by atoms with Gasteiger partial charge in [0.2, 0.25) is 0 Å². The van der Waals surface area contributed by atoms with Gasteiger partial charge in [0.25, 0.3) is 0 Å². The molecule has 27 heavy (non-hydrogen) atoms. The molecule has 0 bridgehead atoms. The van der Waals surface area contributed by atoms with Crippen molar-refractivity contribution in [3.05, 3.63) is 71.3 Å². The Hall–Kier alpha value is -3.14. The van der Waals surface area contributed by atoms with E-state index >= 15 is 0 Å². The number of methoxy groups -OCH3 is 1. The Kier molecular flexibility index (Phi) is 7.12. The highest BCUT2D eigenvalue weighted by molar-refractivity contribution is 6.10. The molecule has 0 aliphatic rings. The van der Waals surface area contributed by atoms with Crippen molar-refractivity contribution in [2.75, 3.05) is 7.11 Å². The van der Waals surface area contributed by atoms with Crippen LogP contribution in [-0.4, -0.2) is 23.8 Å². The number of aromatic hydroxyl groups is 1. The number of ketones is 2. The van der Waals surface area contributed by atoms with E-state index in [0.29, 0.717) is 17.2 Å². The molecule has 0 saturated heterocycles. The van der Waals surface area contributed by atoms with Crippen molar-refractivity contribution in [1.82, 2.24) is 0 Å². The zero-order chi connectivity index (χ0) is 19.8. The summed E-state index contributed by atoms with van der Waals surface area (Å²) in [4.78, 5) is 23.9. The van der Waals surface area contributed by atoms with E-state index in [0.717, 1.165) is 5.56 Å². The molecule has 0 fully saturated rings. The van der Waals surface area contributed by atoms with Gasteiger partial charge in [0.15, 0.2) is 23.1 Å². The third kappa shape index (κ3) is 6.26. The molecule has 140 valence electrons. The largest absolute Gasteiger partial charge is 0.504 e. The molecule has 0 heterocycles. The van der Waals surface area contributed by atoms with Gasteiger partial charge in [-0.25, -0.2) is 0 Å². The minimum Gasteiger partial charge on any atom is -0.504 e. The van der Waals surface area contributed by atoms with E-state index in [1.165, 1.54) is 30.9 Å². The molecule has 0 atom stereocenters. The topological polar surface area (TPSA) is 63.6 Å². The number of phenols is 1. The van der Waals surface area contributed by atoms with E-state index in [4.69, 9.17) is 4.74 Å². The lowest BCUT2D eigenvalue weighted by Crippen LogP contribution is -2.01. The van der Waals surface area contributed by atoms with Crippen molar-refractivity contribution in [1.29, 1.82) is 0 Å². The van der Waals surface area contributed by atoms with Gasteiger partial charge in [-0.2, -0.15) is 0 Å². The Morgan fingerprint density at radius 2 is 1.52 bits per heavy atom. The van der Waals surface area contributed by atoms with Gasteiger partial charge in [-0.05, 0) is 46.9 Å². The fourth-order valence-corrected chi connectivity index (χ4v) is 2.46. The Bertz CT molecular complexity index is 858. The van der Waals surface area contributed by atoms with Gasteiger partial charge in [-0.3, -0.25) is 9.59 Å². The van der Waals surface area contributed by atoms with Crippen molar-refractivity contribution < 1.29 is 19.4 Å². The lowest BCUT2D eigenvalue weighted by atomic mass is 10.0. The third-order valence-electron chi connectivity index (χ3n) is 4.08. The first-order chi connectivity index (χ1) is 12.9. The molecule has 0 radical (unpaired) electrons. The lowest BCUT2D eigenvalue weighted by Gasteiger charge is -2.04. The van der Waals surface area contributed by atoms with Crippen LogP contribution in [0, 0.1) is 0 Å². The van der Waals surface area contributed by atoms with Crippen LogP contribution < -0.4 is 4.74 Å². The highest BCUT2D eigenvalue weighted by atomic mass is 16.5. The van der Waals surface area contributed by atoms with Crippen molar-refractivity contribution in [2.45, 2.75) is 26.2 Å². The summed E-state index contributed by atoms with van der Waals surface area (Å²) in [5.41, 5.74) is 2.86. The summed E-state index contributed by atoms with van der Waals surface area (Å²) >= 11 is 0. The lowest BCUT2D eigenvalue weighted by molar-refractivity contribution is -0.121. The summed E-state index contributed by atoms with van der Waals surface area (Å²) in [6.07, 6.45) is 5.90. The number of hydrogen-bond donors (Lipinski definition) is 1. The average molecular weight is 364 g/mol. The van der Waals surface area contributed by atoms with Gasteiger partial charge in [0.05, 0.1) is 13.5 Å². The van der Waals surface area contributed by atoms with Crippen molar-refractivity contribution in [3.8, 4) is 11.5 Å². The molecule has 0 unspecified atom stereocenters. The third-order valence-corrected chi connectivity index (χ3v) is 4.08. The maximum absolute atomic E-state index is 12.0. The molecule has 1 N–H and O–H groups in total. The number of hydrogen-bond acceptors (Lipinski definition) is 4. The second-order valence-electron chi connectivity index (χ2n) is 6.53. The molecule has 2 rings (SSSR count).